The Hall–Kier alpha value is -2.17. The van der Waals surface area contributed by atoms with Gasteiger partial charge < -0.3 is 10.1 Å². The van der Waals surface area contributed by atoms with Crippen LogP contribution in [0.15, 0.2) is 36.5 Å². The van der Waals surface area contributed by atoms with Crippen molar-refractivity contribution in [1.82, 2.24) is 4.98 Å². The molecule has 0 bridgehead atoms. The molecule has 5 heteroatoms. The summed E-state index contributed by atoms with van der Waals surface area (Å²) < 4.78 is 30.9. The highest BCUT2D eigenvalue weighted by Crippen LogP contribution is 2.24. The van der Waals surface area contributed by atoms with Crippen LogP contribution in [0.4, 0.5) is 14.5 Å². The minimum atomic E-state index is -0.526. The third-order valence-electron chi connectivity index (χ3n) is 2.79. The van der Waals surface area contributed by atoms with E-state index in [0.29, 0.717) is 5.69 Å². The maximum Gasteiger partial charge on any atom is 0.212 e. The van der Waals surface area contributed by atoms with Crippen LogP contribution in [0, 0.1) is 11.8 Å². The molecule has 0 fully saturated rings. The molecule has 0 aliphatic carbocycles. The second-order valence-electron chi connectivity index (χ2n) is 4.13. The van der Waals surface area contributed by atoms with Gasteiger partial charge in [-0.2, -0.15) is 4.39 Å². The highest BCUT2D eigenvalue weighted by atomic mass is 19.1. The van der Waals surface area contributed by atoms with Gasteiger partial charge in [0.1, 0.15) is 0 Å². The quantitative estimate of drug-likeness (QED) is 0.858. The van der Waals surface area contributed by atoms with Crippen molar-refractivity contribution in [2.24, 2.45) is 0 Å². The number of anilines is 1. The second kappa shape index (κ2) is 5.65. The van der Waals surface area contributed by atoms with Crippen LogP contribution in [0.1, 0.15) is 18.5 Å². The molecule has 1 unspecified atom stereocenters. The largest absolute Gasteiger partial charge is 0.494 e. The van der Waals surface area contributed by atoms with E-state index in [2.05, 4.69) is 10.3 Å². The average Bonchev–Trinajstić information content (AvgIpc) is 2.42. The molecule has 0 saturated heterocycles. The predicted octanol–water partition coefficient (Wildman–Crippen LogP) is 3.54. The van der Waals surface area contributed by atoms with Gasteiger partial charge in [-0.05, 0) is 36.8 Å². The lowest BCUT2D eigenvalue weighted by Gasteiger charge is -2.16. The Morgan fingerprint density at radius 3 is 2.63 bits per heavy atom. The van der Waals surface area contributed by atoms with Crippen LogP contribution in [-0.4, -0.2) is 12.1 Å². The summed E-state index contributed by atoms with van der Waals surface area (Å²) in [5.41, 5.74) is 1.56. The number of nitrogens with zero attached hydrogens (tertiary/aromatic N) is 1. The first-order valence-electron chi connectivity index (χ1n) is 5.81. The van der Waals surface area contributed by atoms with Crippen molar-refractivity contribution in [3.05, 3.63) is 53.9 Å². The maximum atomic E-state index is 13.3. The van der Waals surface area contributed by atoms with Gasteiger partial charge in [-0.1, -0.05) is 6.07 Å². The molecule has 100 valence electrons. The van der Waals surface area contributed by atoms with Gasteiger partial charge in [0.05, 0.1) is 19.0 Å². The van der Waals surface area contributed by atoms with Crippen LogP contribution in [0.2, 0.25) is 0 Å². The van der Waals surface area contributed by atoms with E-state index in [1.807, 2.05) is 6.92 Å². The molecule has 1 aromatic heterocycles. The van der Waals surface area contributed by atoms with Gasteiger partial charge in [0.25, 0.3) is 0 Å². The van der Waals surface area contributed by atoms with Gasteiger partial charge in [-0.15, -0.1) is 0 Å². The summed E-state index contributed by atoms with van der Waals surface area (Å²) in [5.74, 6) is -0.730. The second-order valence-corrected chi connectivity index (χ2v) is 4.13. The van der Waals surface area contributed by atoms with E-state index < -0.39 is 11.8 Å². The van der Waals surface area contributed by atoms with E-state index in [9.17, 15) is 8.78 Å². The topological polar surface area (TPSA) is 34.1 Å². The first-order valence-corrected chi connectivity index (χ1v) is 5.81. The van der Waals surface area contributed by atoms with E-state index in [1.165, 1.54) is 25.4 Å². The number of halogens is 2. The molecule has 19 heavy (non-hydrogen) atoms. The summed E-state index contributed by atoms with van der Waals surface area (Å²) >= 11 is 0. The van der Waals surface area contributed by atoms with Crippen LogP contribution < -0.4 is 10.1 Å². The number of hydrogen-bond acceptors (Lipinski definition) is 3. The predicted molar refractivity (Wildman–Crippen MR) is 69.2 cm³/mol. The van der Waals surface area contributed by atoms with Crippen molar-refractivity contribution in [3.8, 4) is 5.75 Å². The molecule has 0 saturated carbocycles. The Bertz CT molecular complexity index is 558. The van der Waals surface area contributed by atoms with Crippen molar-refractivity contribution in [3.63, 3.8) is 0 Å². The molecule has 0 aliphatic heterocycles. The number of rotatable bonds is 4. The fourth-order valence-corrected chi connectivity index (χ4v) is 1.74. The number of aromatic nitrogens is 1. The molecule has 1 N–H and O–H groups in total. The highest BCUT2D eigenvalue weighted by molar-refractivity contribution is 5.44. The lowest BCUT2D eigenvalue weighted by molar-refractivity contribution is 0.385. The minimum Gasteiger partial charge on any atom is -0.494 e. The Kier molecular flexibility index (Phi) is 3.94. The van der Waals surface area contributed by atoms with Crippen molar-refractivity contribution >= 4 is 5.69 Å². The molecule has 1 atom stereocenters. The van der Waals surface area contributed by atoms with E-state index in [-0.39, 0.29) is 11.8 Å². The third kappa shape index (κ3) is 3.19. The molecule has 3 nitrogen and oxygen atoms in total. The molecular formula is C14H14F2N2O. The molecule has 0 amide bonds. The van der Waals surface area contributed by atoms with E-state index >= 15 is 0 Å². The number of ether oxygens (including phenoxy) is 1. The van der Waals surface area contributed by atoms with Crippen molar-refractivity contribution < 1.29 is 13.5 Å². The van der Waals surface area contributed by atoms with Crippen LogP contribution >= 0.6 is 0 Å². The number of pyridine rings is 1. The summed E-state index contributed by atoms with van der Waals surface area (Å²) in [7, 11) is 1.42. The zero-order valence-electron chi connectivity index (χ0n) is 10.7. The normalized spacial score (nSPS) is 12.0. The molecule has 1 heterocycles. The van der Waals surface area contributed by atoms with Crippen LogP contribution in [0.25, 0.3) is 0 Å². The monoisotopic (exact) mass is 264 g/mol. The zero-order chi connectivity index (χ0) is 13.8. The van der Waals surface area contributed by atoms with Gasteiger partial charge in [0, 0.05) is 6.04 Å². The molecule has 2 aromatic rings. The van der Waals surface area contributed by atoms with Gasteiger partial charge in [0.15, 0.2) is 11.6 Å². The van der Waals surface area contributed by atoms with Crippen molar-refractivity contribution in [1.29, 1.82) is 0 Å². The van der Waals surface area contributed by atoms with Gasteiger partial charge in [0.2, 0.25) is 5.95 Å². The van der Waals surface area contributed by atoms with E-state index in [0.717, 1.165) is 5.56 Å². The fraction of sp³-hybridized carbons (Fsp3) is 0.214. The molecular weight excluding hydrogens is 250 g/mol. The van der Waals surface area contributed by atoms with Crippen LogP contribution in [0.5, 0.6) is 5.75 Å². The van der Waals surface area contributed by atoms with Crippen molar-refractivity contribution in [2.45, 2.75) is 13.0 Å². The standard InChI is InChI=1S/C14H14F2N2O/c1-9(18-11-4-6-14(16)17-8-11)10-3-5-12(15)13(7-10)19-2/h3-9,18H,1-2H3. The lowest BCUT2D eigenvalue weighted by atomic mass is 10.1. The smallest absolute Gasteiger partial charge is 0.212 e. The van der Waals surface area contributed by atoms with Crippen LogP contribution in [0.3, 0.4) is 0 Å². The van der Waals surface area contributed by atoms with Crippen LogP contribution in [-0.2, 0) is 0 Å². The SMILES string of the molecule is COc1cc(C(C)Nc2ccc(F)nc2)ccc1F. The Morgan fingerprint density at radius 1 is 1.21 bits per heavy atom. The molecule has 2 rings (SSSR count). The number of methoxy groups -OCH3 is 1. The van der Waals surface area contributed by atoms with E-state index in [4.69, 9.17) is 4.74 Å². The van der Waals surface area contributed by atoms with Gasteiger partial charge >= 0.3 is 0 Å². The third-order valence-corrected chi connectivity index (χ3v) is 2.79. The van der Waals surface area contributed by atoms with Crippen molar-refractivity contribution in [2.75, 3.05) is 12.4 Å². The first-order chi connectivity index (χ1) is 9.10. The molecule has 0 radical (unpaired) electrons. The minimum absolute atomic E-state index is 0.0817. The summed E-state index contributed by atoms with van der Waals surface area (Å²) in [6.45, 7) is 1.91. The average molecular weight is 264 g/mol. The Morgan fingerprint density at radius 2 is 2.00 bits per heavy atom. The Labute approximate surface area is 110 Å². The zero-order valence-corrected chi connectivity index (χ0v) is 10.7. The summed E-state index contributed by atoms with van der Waals surface area (Å²) in [6, 6.07) is 7.45. The number of nitrogens with one attached hydrogen (secondary N) is 1. The summed E-state index contributed by atoms with van der Waals surface area (Å²) in [6.07, 6.45) is 1.41. The Balaban J connectivity index is 2.15. The maximum absolute atomic E-state index is 13.3. The molecule has 0 aliphatic rings. The van der Waals surface area contributed by atoms with Gasteiger partial charge in [-0.25, -0.2) is 9.37 Å². The number of benzene rings is 1. The molecule has 0 spiro atoms. The summed E-state index contributed by atoms with van der Waals surface area (Å²) in [5, 5.41) is 3.15. The number of hydrogen-bond donors (Lipinski definition) is 1. The van der Waals surface area contributed by atoms with E-state index in [1.54, 1.807) is 18.2 Å². The first kappa shape index (κ1) is 13.3. The highest BCUT2D eigenvalue weighted by Gasteiger charge is 2.09. The fourth-order valence-electron chi connectivity index (χ4n) is 1.74. The molecule has 1 aromatic carbocycles. The lowest BCUT2D eigenvalue weighted by Crippen LogP contribution is -2.07. The van der Waals surface area contributed by atoms with Gasteiger partial charge in [-0.3, -0.25) is 0 Å². The summed E-state index contributed by atoms with van der Waals surface area (Å²) in [4.78, 5) is 3.56.